The van der Waals surface area contributed by atoms with Crippen LogP contribution in [0.2, 0.25) is 0 Å². The summed E-state index contributed by atoms with van der Waals surface area (Å²) < 4.78 is 0. The molecule has 0 bridgehead atoms. The average Bonchev–Trinajstić information content (AvgIpc) is 2.74. The Hall–Kier alpha value is -2.39. The topological polar surface area (TPSA) is 32.3 Å². The van der Waals surface area contributed by atoms with Gasteiger partial charge in [0.1, 0.15) is 0 Å². The average molecular weight is 363 g/mol. The molecule has 0 saturated heterocycles. The van der Waals surface area contributed by atoms with Gasteiger partial charge in [-0.1, -0.05) is 60.2 Å². The largest absolute Gasteiger partial charge is 0.316 e. The van der Waals surface area contributed by atoms with Crippen molar-refractivity contribution in [1.29, 1.82) is 0 Å². The van der Waals surface area contributed by atoms with Crippen molar-refractivity contribution in [2.24, 2.45) is 0 Å². The van der Waals surface area contributed by atoms with Gasteiger partial charge in [-0.25, -0.2) is 0 Å². The first-order valence-electron chi connectivity index (χ1n) is 10.1. The van der Waals surface area contributed by atoms with E-state index in [9.17, 15) is 4.79 Å². The van der Waals surface area contributed by atoms with Crippen LogP contribution in [0, 0.1) is 0 Å². The van der Waals surface area contributed by atoms with E-state index in [0.29, 0.717) is 13.0 Å². The Balaban J connectivity index is 1.51. The molecule has 0 unspecified atom stereocenters. The molecule has 1 aliphatic rings. The molecule has 0 radical (unpaired) electrons. The van der Waals surface area contributed by atoms with Gasteiger partial charge in [0.2, 0.25) is 5.91 Å². The quantitative estimate of drug-likeness (QED) is 0.498. The Kier molecular flexibility index (Phi) is 7.67. The van der Waals surface area contributed by atoms with Crippen LogP contribution >= 0.6 is 0 Å². The lowest BCUT2D eigenvalue weighted by molar-refractivity contribution is -0.118. The van der Waals surface area contributed by atoms with Crippen molar-refractivity contribution in [3.63, 3.8) is 0 Å². The molecular formula is C24H30N2O. The summed E-state index contributed by atoms with van der Waals surface area (Å²) in [6, 6.07) is 20.1. The van der Waals surface area contributed by atoms with E-state index >= 15 is 0 Å². The molecule has 142 valence electrons. The summed E-state index contributed by atoms with van der Waals surface area (Å²) in [6.07, 6.45) is 9.17. The summed E-state index contributed by atoms with van der Waals surface area (Å²) >= 11 is 0. The van der Waals surface area contributed by atoms with Gasteiger partial charge in [0.25, 0.3) is 0 Å². The maximum Gasteiger partial charge on any atom is 0.228 e. The van der Waals surface area contributed by atoms with Crippen LogP contribution in [0.5, 0.6) is 0 Å². The molecule has 0 atom stereocenters. The zero-order valence-corrected chi connectivity index (χ0v) is 16.1. The van der Waals surface area contributed by atoms with Crippen molar-refractivity contribution < 1.29 is 4.79 Å². The lowest BCUT2D eigenvalue weighted by atomic mass is 9.97. The summed E-state index contributed by atoms with van der Waals surface area (Å²) in [7, 11) is 0. The molecule has 2 aromatic carbocycles. The number of nitrogens with one attached hydrogen (secondary N) is 1. The molecule has 0 aromatic heterocycles. The van der Waals surface area contributed by atoms with Crippen LogP contribution in [0.15, 0.2) is 72.3 Å². The van der Waals surface area contributed by atoms with Crippen molar-refractivity contribution in [1.82, 2.24) is 5.32 Å². The summed E-state index contributed by atoms with van der Waals surface area (Å²) in [4.78, 5) is 14.8. The van der Waals surface area contributed by atoms with Gasteiger partial charge in [-0.3, -0.25) is 4.79 Å². The van der Waals surface area contributed by atoms with E-state index in [4.69, 9.17) is 0 Å². The summed E-state index contributed by atoms with van der Waals surface area (Å²) in [6.45, 7) is 2.30. The van der Waals surface area contributed by atoms with Gasteiger partial charge in [-0.15, -0.1) is 0 Å². The van der Waals surface area contributed by atoms with Gasteiger partial charge in [-0.2, -0.15) is 0 Å². The van der Waals surface area contributed by atoms with Crippen LogP contribution in [-0.4, -0.2) is 19.0 Å². The van der Waals surface area contributed by atoms with Crippen LogP contribution in [0.4, 0.5) is 5.69 Å². The Morgan fingerprint density at radius 2 is 1.67 bits per heavy atom. The second kappa shape index (κ2) is 10.7. The Bertz CT molecular complexity index is 725. The van der Waals surface area contributed by atoms with Gasteiger partial charge in [0.05, 0.1) is 6.54 Å². The second-order valence-electron chi connectivity index (χ2n) is 7.16. The standard InChI is InChI=1S/C24H30N2O/c27-24(17-19-25-18-16-21-10-4-1-5-11-21)26(23-14-8-3-9-15-23)20-22-12-6-2-7-13-22/h2-3,6-10,12-15,25H,1,4-5,11,16-20H2. The lowest BCUT2D eigenvalue weighted by Crippen LogP contribution is -2.33. The monoisotopic (exact) mass is 362 g/mol. The zero-order chi connectivity index (χ0) is 18.7. The van der Waals surface area contributed by atoms with Crippen LogP contribution in [0.3, 0.4) is 0 Å². The molecule has 0 heterocycles. The van der Waals surface area contributed by atoms with Crippen molar-refractivity contribution in [3.05, 3.63) is 77.9 Å². The fourth-order valence-corrected chi connectivity index (χ4v) is 3.53. The number of amides is 1. The minimum absolute atomic E-state index is 0.162. The first kappa shape index (κ1) is 19.4. The minimum atomic E-state index is 0.162. The molecule has 1 N–H and O–H groups in total. The van der Waals surface area contributed by atoms with E-state index in [1.54, 1.807) is 5.57 Å². The fourth-order valence-electron chi connectivity index (χ4n) is 3.53. The van der Waals surface area contributed by atoms with Crippen LogP contribution < -0.4 is 10.2 Å². The lowest BCUT2D eigenvalue weighted by Gasteiger charge is -2.23. The third-order valence-electron chi connectivity index (χ3n) is 5.08. The van der Waals surface area contributed by atoms with Gasteiger partial charge < -0.3 is 10.2 Å². The highest BCUT2D eigenvalue weighted by molar-refractivity contribution is 5.93. The molecule has 1 aliphatic carbocycles. The number of hydrogen-bond acceptors (Lipinski definition) is 2. The fraction of sp³-hybridized carbons (Fsp3) is 0.375. The maximum absolute atomic E-state index is 12.9. The maximum atomic E-state index is 12.9. The molecule has 3 heteroatoms. The van der Waals surface area contributed by atoms with Gasteiger partial charge in [0.15, 0.2) is 0 Å². The smallest absolute Gasteiger partial charge is 0.228 e. The first-order valence-corrected chi connectivity index (χ1v) is 10.1. The van der Waals surface area contributed by atoms with Crippen molar-refractivity contribution >= 4 is 11.6 Å². The van der Waals surface area contributed by atoms with E-state index < -0.39 is 0 Å². The van der Waals surface area contributed by atoms with Gasteiger partial charge in [0, 0.05) is 18.7 Å². The summed E-state index contributed by atoms with van der Waals surface area (Å²) in [5.74, 6) is 0.162. The predicted molar refractivity (Wildman–Crippen MR) is 113 cm³/mol. The molecule has 3 rings (SSSR count). The number of anilines is 1. The van der Waals surface area contributed by atoms with Crippen LogP contribution in [0.1, 0.15) is 44.1 Å². The molecule has 0 aliphatic heterocycles. The highest BCUT2D eigenvalue weighted by Crippen LogP contribution is 2.20. The Morgan fingerprint density at radius 3 is 2.37 bits per heavy atom. The van der Waals surface area contributed by atoms with Crippen molar-refractivity contribution in [3.8, 4) is 0 Å². The SMILES string of the molecule is O=C(CCNCCC1=CCCCC1)N(Cc1ccccc1)c1ccccc1. The van der Waals surface area contributed by atoms with E-state index in [2.05, 4.69) is 23.5 Å². The Morgan fingerprint density at radius 1 is 0.926 bits per heavy atom. The minimum Gasteiger partial charge on any atom is -0.316 e. The van der Waals surface area contributed by atoms with Crippen molar-refractivity contribution in [2.75, 3.05) is 18.0 Å². The van der Waals surface area contributed by atoms with E-state index in [1.165, 1.54) is 25.7 Å². The molecule has 27 heavy (non-hydrogen) atoms. The summed E-state index contributed by atoms with van der Waals surface area (Å²) in [5.41, 5.74) is 3.68. The number of benzene rings is 2. The zero-order valence-electron chi connectivity index (χ0n) is 16.1. The molecular weight excluding hydrogens is 332 g/mol. The number of hydrogen-bond donors (Lipinski definition) is 1. The Labute approximate surface area is 163 Å². The van der Waals surface area contributed by atoms with Gasteiger partial charge in [-0.05, 0) is 56.3 Å². The first-order chi connectivity index (χ1) is 13.3. The summed E-state index contributed by atoms with van der Waals surface area (Å²) in [5, 5.41) is 3.45. The molecule has 2 aromatic rings. The highest BCUT2D eigenvalue weighted by Gasteiger charge is 2.15. The van der Waals surface area contributed by atoms with Crippen LogP contribution in [0.25, 0.3) is 0 Å². The molecule has 3 nitrogen and oxygen atoms in total. The number of nitrogens with zero attached hydrogens (tertiary/aromatic N) is 1. The van der Waals surface area contributed by atoms with Crippen LogP contribution in [-0.2, 0) is 11.3 Å². The number of carbonyl (C=O) groups is 1. The molecule has 0 saturated carbocycles. The number of allylic oxidation sites excluding steroid dienone is 1. The molecule has 0 fully saturated rings. The third-order valence-corrected chi connectivity index (χ3v) is 5.08. The van der Waals surface area contributed by atoms with E-state index in [-0.39, 0.29) is 5.91 Å². The number of carbonyl (C=O) groups excluding carboxylic acids is 1. The molecule has 0 spiro atoms. The number of para-hydroxylation sites is 1. The van der Waals surface area contributed by atoms with E-state index in [0.717, 1.165) is 30.8 Å². The van der Waals surface area contributed by atoms with Gasteiger partial charge >= 0.3 is 0 Å². The second-order valence-corrected chi connectivity index (χ2v) is 7.16. The number of rotatable bonds is 9. The third kappa shape index (κ3) is 6.37. The van der Waals surface area contributed by atoms with Crippen molar-refractivity contribution in [2.45, 2.75) is 45.1 Å². The van der Waals surface area contributed by atoms with E-state index in [1.807, 2.05) is 53.4 Å². The predicted octanol–water partition coefficient (Wildman–Crippen LogP) is 5.09. The normalized spacial score (nSPS) is 13.9. The highest BCUT2D eigenvalue weighted by atomic mass is 16.2. The molecule has 1 amide bonds.